The highest BCUT2D eigenvalue weighted by Crippen LogP contribution is 2.44. The van der Waals surface area contributed by atoms with Crippen LogP contribution in [0.2, 0.25) is 0 Å². The van der Waals surface area contributed by atoms with Gasteiger partial charge in [-0.05, 0) is 19.3 Å². The molecule has 0 aromatic heterocycles. The molecule has 60 valence electrons. The first-order valence-corrected chi connectivity index (χ1v) is 5.87. The monoisotopic (exact) mass is 226 g/mol. The van der Waals surface area contributed by atoms with Crippen molar-refractivity contribution in [1.82, 2.24) is 0 Å². The van der Waals surface area contributed by atoms with E-state index in [0.717, 1.165) is 19.3 Å². The zero-order valence-corrected chi connectivity index (χ0v) is 8.33. The molecule has 0 unspecified atom stereocenters. The van der Waals surface area contributed by atoms with E-state index in [4.69, 9.17) is 0 Å². The first-order valence-electron chi connectivity index (χ1n) is 3.43. The Morgan fingerprint density at radius 2 is 2.00 bits per heavy atom. The van der Waals surface area contributed by atoms with Crippen LogP contribution in [-0.2, 0) is 9.84 Å². The van der Waals surface area contributed by atoms with Crippen molar-refractivity contribution in [1.29, 1.82) is 0 Å². The van der Waals surface area contributed by atoms with Gasteiger partial charge in [0.15, 0.2) is 9.84 Å². The largest absolute Gasteiger partial charge is 0.227 e. The fourth-order valence-corrected chi connectivity index (χ4v) is 3.70. The number of halogens is 1. The number of sulfone groups is 1. The lowest BCUT2D eigenvalue weighted by atomic mass is 10.00. The molecule has 1 rings (SSSR count). The average molecular weight is 227 g/mol. The summed E-state index contributed by atoms with van der Waals surface area (Å²) >= 11 is 3.26. The van der Waals surface area contributed by atoms with Crippen LogP contribution in [0, 0.1) is 0 Å². The molecule has 0 spiro atoms. The van der Waals surface area contributed by atoms with Crippen molar-refractivity contribution in [3.63, 3.8) is 0 Å². The standard InChI is InChI=1S/C6H11BrO2S/c1-2-10(8,9)6(7)4-3-5-6/h2-5H2,1H3. The summed E-state index contributed by atoms with van der Waals surface area (Å²) in [5.74, 6) is 0.248. The molecule has 0 bridgehead atoms. The molecule has 0 N–H and O–H groups in total. The van der Waals surface area contributed by atoms with E-state index >= 15 is 0 Å². The third-order valence-corrected chi connectivity index (χ3v) is 6.59. The lowest BCUT2D eigenvalue weighted by Gasteiger charge is -2.34. The number of alkyl halides is 1. The Balaban J connectivity index is 2.82. The SMILES string of the molecule is CCS(=O)(=O)C1(Br)CCC1. The van der Waals surface area contributed by atoms with Crippen LogP contribution in [-0.4, -0.2) is 17.8 Å². The topological polar surface area (TPSA) is 34.1 Å². The summed E-state index contributed by atoms with van der Waals surface area (Å²) < 4.78 is 22.0. The minimum atomic E-state index is -2.84. The van der Waals surface area contributed by atoms with E-state index in [1.54, 1.807) is 6.92 Å². The molecule has 0 heterocycles. The van der Waals surface area contributed by atoms with Crippen LogP contribution < -0.4 is 0 Å². The highest BCUT2D eigenvalue weighted by atomic mass is 79.9. The number of hydrogen-bond donors (Lipinski definition) is 0. The van der Waals surface area contributed by atoms with Crippen molar-refractivity contribution in [2.75, 3.05) is 5.75 Å². The van der Waals surface area contributed by atoms with E-state index in [1.807, 2.05) is 0 Å². The lowest BCUT2D eigenvalue weighted by molar-refractivity contribution is 0.453. The van der Waals surface area contributed by atoms with Crippen LogP contribution in [0.3, 0.4) is 0 Å². The molecule has 0 radical (unpaired) electrons. The van der Waals surface area contributed by atoms with Gasteiger partial charge in [-0.25, -0.2) is 8.42 Å². The quantitative estimate of drug-likeness (QED) is 0.673. The van der Waals surface area contributed by atoms with Gasteiger partial charge in [-0.2, -0.15) is 0 Å². The van der Waals surface area contributed by atoms with Gasteiger partial charge in [-0.15, -0.1) is 0 Å². The van der Waals surface area contributed by atoms with E-state index < -0.39 is 13.5 Å². The van der Waals surface area contributed by atoms with Gasteiger partial charge in [0.25, 0.3) is 0 Å². The third kappa shape index (κ3) is 1.11. The van der Waals surface area contributed by atoms with Gasteiger partial charge < -0.3 is 0 Å². The van der Waals surface area contributed by atoms with Gasteiger partial charge in [-0.3, -0.25) is 0 Å². The van der Waals surface area contributed by atoms with Crippen molar-refractivity contribution in [2.45, 2.75) is 29.8 Å². The molecule has 1 aliphatic carbocycles. The van der Waals surface area contributed by atoms with Crippen molar-refractivity contribution < 1.29 is 8.42 Å². The van der Waals surface area contributed by atoms with Crippen LogP contribution in [0.4, 0.5) is 0 Å². The molecule has 10 heavy (non-hydrogen) atoms. The predicted octanol–water partition coefficient (Wildman–Crippen LogP) is 1.70. The van der Waals surface area contributed by atoms with E-state index in [2.05, 4.69) is 15.9 Å². The predicted molar refractivity (Wildman–Crippen MR) is 45.0 cm³/mol. The Bertz CT molecular complexity index is 216. The highest BCUT2D eigenvalue weighted by molar-refractivity contribution is 9.11. The first-order chi connectivity index (χ1) is 4.52. The third-order valence-electron chi connectivity index (χ3n) is 2.04. The highest BCUT2D eigenvalue weighted by Gasteiger charge is 2.45. The Kier molecular flexibility index (Phi) is 2.12. The molecule has 0 atom stereocenters. The summed E-state index contributed by atoms with van der Waals surface area (Å²) in [5.41, 5.74) is 0. The summed E-state index contributed by atoms with van der Waals surface area (Å²) in [5, 5.41) is 0. The molecule has 0 aliphatic heterocycles. The van der Waals surface area contributed by atoms with Crippen LogP contribution in [0.25, 0.3) is 0 Å². The van der Waals surface area contributed by atoms with Crippen molar-refractivity contribution in [2.24, 2.45) is 0 Å². The number of rotatable bonds is 2. The minimum Gasteiger partial charge on any atom is -0.227 e. The zero-order valence-electron chi connectivity index (χ0n) is 5.93. The second-order valence-electron chi connectivity index (χ2n) is 2.64. The van der Waals surface area contributed by atoms with Crippen molar-refractivity contribution in [3.05, 3.63) is 0 Å². The van der Waals surface area contributed by atoms with Gasteiger partial charge in [0, 0.05) is 5.75 Å². The maximum atomic E-state index is 11.3. The number of hydrogen-bond acceptors (Lipinski definition) is 2. The molecular formula is C6H11BrO2S. The van der Waals surface area contributed by atoms with Crippen molar-refractivity contribution in [3.8, 4) is 0 Å². The van der Waals surface area contributed by atoms with Gasteiger partial charge in [0.1, 0.15) is 3.66 Å². The normalized spacial score (nSPS) is 23.8. The van der Waals surface area contributed by atoms with Crippen LogP contribution >= 0.6 is 15.9 Å². The molecular weight excluding hydrogens is 216 g/mol. The van der Waals surface area contributed by atoms with Gasteiger partial charge in [-0.1, -0.05) is 22.9 Å². The van der Waals surface area contributed by atoms with E-state index in [1.165, 1.54) is 0 Å². The minimum absolute atomic E-state index is 0.248. The average Bonchev–Trinajstić information content (AvgIpc) is 1.82. The zero-order chi connectivity index (χ0) is 7.83. The molecule has 1 fully saturated rings. The van der Waals surface area contributed by atoms with Gasteiger partial charge >= 0.3 is 0 Å². The first kappa shape index (κ1) is 8.53. The van der Waals surface area contributed by atoms with Gasteiger partial charge in [0.05, 0.1) is 0 Å². The molecule has 0 amide bonds. The Morgan fingerprint density at radius 1 is 1.50 bits per heavy atom. The summed E-state index contributed by atoms with van der Waals surface area (Å²) in [6.45, 7) is 1.69. The molecule has 0 saturated heterocycles. The molecule has 4 heteroatoms. The Morgan fingerprint density at radius 3 is 2.10 bits per heavy atom. The lowest BCUT2D eigenvalue weighted by Crippen LogP contribution is -2.39. The Labute approximate surface area is 70.1 Å². The van der Waals surface area contributed by atoms with E-state index in [0.29, 0.717) is 0 Å². The molecule has 0 aromatic carbocycles. The fourth-order valence-electron chi connectivity index (χ4n) is 1.02. The van der Waals surface area contributed by atoms with Crippen LogP contribution in [0.1, 0.15) is 26.2 Å². The van der Waals surface area contributed by atoms with E-state index in [9.17, 15) is 8.42 Å². The summed E-state index contributed by atoms with van der Waals surface area (Å²) in [7, 11) is -2.84. The maximum Gasteiger partial charge on any atom is 0.165 e. The molecule has 0 aromatic rings. The molecule has 2 nitrogen and oxygen atoms in total. The second kappa shape index (κ2) is 2.48. The smallest absolute Gasteiger partial charge is 0.165 e. The van der Waals surface area contributed by atoms with Crippen molar-refractivity contribution >= 4 is 25.8 Å². The fraction of sp³-hybridized carbons (Fsp3) is 1.00. The molecule has 1 saturated carbocycles. The van der Waals surface area contributed by atoms with Crippen LogP contribution in [0.5, 0.6) is 0 Å². The van der Waals surface area contributed by atoms with Crippen LogP contribution in [0.15, 0.2) is 0 Å². The summed E-state index contributed by atoms with van der Waals surface area (Å²) in [6, 6.07) is 0. The van der Waals surface area contributed by atoms with Gasteiger partial charge in [0.2, 0.25) is 0 Å². The summed E-state index contributed by atoms with van der Waals surface area (Å²) in [4.78, 5) is 0. The summed E-state index contributed by atoms with van der Waals surface area (Å²) in [6.07, 6.45) is 2.59. The maximum absolute atomic E-state index is 11.3. The Hall–Kier alpha value is 0.430. The van der Waals surface area contributed by atoms with E-state index in [-0.39, 0.29) is 5.75 Å². The molecule has 1 aliphatic rings. The second-order valence-corrected chi connectivity index (χ2v) is 7.27.